The summed E-state index contributed by atoms with van der Waals surface area (Å²) in [6, 6.07) is 7.78. The van der Waals surface area contributed by atoms with Crippen LogP contribution in [0.2, 0.25) is 0 Å². The van der Waals surface area contributed by atoms with Crippen molar-refractivity contribution in [1.82, 2.24) is 9.88 Å². The Hall–Kier alpha value is -1.63. The van der Waals surface area contributed by atoms with Crippen LogP contribution in [0.25, 0.3) is 11.3 Å². The van der Waals surface area contributed by atoms with Crippen LogP contribution < -0.4 is 9.61 Å². The third-order valence-corrected chi connectivity index (χ3v) is 4.83. The average molecular weight is 334 g/mol. The van der Waals surface area contributed by atoms with Crippen molar-refractivity contribution in [3.8, 4) is 17.0 Å². The summed E-state index contributed by atoms with van der Waals surface area (Å²) in [5, 5.41) is 0. The maximum absolute atomic E-state index is 11.9. The molecule has 0 bridgehead atoms. The lowest BCUT2D eigenvalue weighted by Crippen LogP contribution is -2.44. The van der Waals surface area contributed by atoms with Gasteiger partial charge in [-0.3, -0.25) is 9.69 Å². The fourth-order valence-electron chi connectivity index (χ4n) is 3.08. The smallest absolute Gasteiger partial charge is 0.305 e. The van der Waals surface area contributed by atoms with Crippen LogP contribution in [-0.4, -0.2) is 42.3 Å². The second kappa shape index (κ2) is 6.86. The van der Waals surface area contributed by atoms with Gasteiger partial charge in [0.15, 0.2) is 0 Å². The zero-order valence-electron chi connectivity index (χ0n) is 13.7. The van der Waals surface area contributed by atoms with Crippen molar-refractivity contribution < 1.29 is 9.47 Å². The fraction of sp³-hybridized carbons (Fsp3) is 0.471. The van der Waals surface area contributed by atoms with Crippen LogP contribution in [-0.2, 0) is 11.3 Å². The maximum atomic E-state index is 11.9. The summed E-state index contributed by atoms with van der Waals surface area (Å²) in [7, 11) is 1.65. The molecule has 2 aromatic rings. The molecule has 1 N–H and O–H groups in total. The van der Waals surface area contributed by atoms with Gasteiger partial charge in [-0.2, -0.15) is 0 Å². The van der Waals surface area contributed by atoms with E-state index in [0.717, 1.165) is 41.5 Å². The number of ether oxygens (including phenoxy) is 2. The van der Waals surface area contributed by atoms with E-state index in [1.165, 1.54) is 11.3 Å². The monoisotopic (exact) mass is 334 g/mol. The van der Waals surface area contributed by atoms with Gasteiger partial charge in [-0.25, -0.2) is 0 Å². The molecular weight excluding hydrogens is 312 g/mol. The van der Waals surface area contributed by atoms with E-state index in [-0.39, 0.29) is 17.1 Å². The van der Waals surface area contributed by atoms with Crippen LogP contribution in [0.1, 0.15) is 18.7 Å². The predicted octanol–water partition coefficient (Wildman–Crippen LogP) is 2.72. The molecular formula is C17H22N2O3S. The number of nitrogens with zero attached hydrogens (tertiary/aromatic N) is 1. The van der Waals surface area contributed by atoms with Crippen LogP contribution in [0, 0.1) is 0 Å². The van der Waals surface area contributed by atoms with Crippen LogP contribution in [0.4, 0.5) is 0 Å². The molecule has 0 aliphatic carbocycles. The number of aromatic amines is 1. The summed E-state index contributed by atoms with van der Waals surface area (Å²) in [6.45, 7) is 6.72. The molecule has 1 aliphatic rings. The number of hydrogen-bond donors (Lipinski definition) is 1. The average Bonchev–Trinajstić information content (AvgIpc) is 2.87. The molecule has 1 aliphatic heterocycles. The summed E-state index contributed by atoms with van der Waals surface area (Å²) in [5.74, 6) is 0.809. The number of aromatic nitrogens is 1. The van der Waals surface area contributed by atoms with E-state index in [9.17, 15) is 4.79 Å². The molecule has 6 heteroatoms. The Kier molecular flexibility index (Phi) is 4.84. The number of morpholine rings is 1. The van der Waals surface area contributed by atoms with E-state index in [0.29, 0.717) is 0 Å². The van der Waals surface area contributed by atoms with Gasteiger partial charge < -0.3 is 14.5 Å². The molecule has 2 heterocycles. The molecule has 0 amide bonds. The summed E-state index contributed by atoms with van der Waals surface area (Å²) < 4.78 is 11.0. The van der Waals surface area contributed by atoms with Gasteiger partial charge in [-0.05, 0) is 43.7 Å². The Morgan fingerprint density at radius 1 is 1.26 bits per heavy atom. The lowest BCUT2D eigenvalue weighted by Gasteiger charge is -2.35. The van der Waals surface area contributed by atoms with E-state index in [1.54, 1.807) is 7.11 Å². The van der Waals surface area contributed by atoms with Gasteiger partial charge in [0, 0.05) is 24.5 Å². The van der Waals surface area contributed by atoms with Crippen LogP contribution >= 0.6 is 11.3 Å². The molecule has 1 aromatic heterocycles. The van der Waals surface area contributed by atoms with Crippen molar-refractivity contribution >= 4 is 11.3 Å². The molecule has 1 fully saturated rings. The van der Waals surface area contributed by atoms with E-state index in [2.05, 4.69) is 23.7 Å². The highest BCUT2D eigenvalue weighted by Crippen LogP contribution is 2.27. The molecule has 2 unspecified atom stereocenters. The molecule has 1 saturated heterocycles. The topological polar surface area (TPSA) is 54.6 Å². The highest BCUT2D eigenvalue weighted by atomic mass is 32.1. The third kappa shape index (κ3) is 3.83. The number of benzene rings is 1. The van der Waals surface area contributed by atoms with Crippen LogP contribution in [0.15, 0.2) is 29.1 Å². The van der Waals surface area contributed by atoms with E-state index >= 15 is 0 Å². The van der Waals surface area contributed by atoms with Crippen molar-refractivity contribution in [2.75, 3.05) is 20.2 Å². The van der Waals surface area contributed by atoms with Crippen molar-refractivity contribution in [3.05, 3.63) is 38.8 Å². The number of methoxy groups -OCH3 is 1. The van der Waals surface area contributed by atoms with E-state index in [1.807, 2.05) is 24.3 Å². The zero-order chi connectivity index (χ0) is 16.4. The first-order chi connectivity index (χ1) is 11.0. The van der Waals surface area contributed by atoms with Crippen molar-refractivity contribution in [2.45, 2.75) is 32.6 Å². The minimum absolute atomic E-state index is 0.0137. The SMILES string of the molecule is COc1ccc(-c2[nH]c(=O)sc2CN2CC(C)OC(C)C2)cc1. The number of thiazole rings is 1. The largest absolute Gasteiger partial charge is 0.497 e. The molecule has 0 spiro atoms. The molecule has 1 aromatic carbocycles. The van der Waals surface area contributed by atoms with Gasteiger partial charge in [-0.1, -0.05) is 11.3 Å². The molecule has 0 saturated carbocycles. The lowest BCUT2D eigenvalue weighted by molar-refractivity contribution is -0.0702. The first kappa shape index (κ1) is 16.2. The standard InChI is InChI=1S/C17H22N2O3S/c1-11-8-19(9-12(2)22-11)10-15-16(18-17(20)23-15)13-4-6-14(21-3)7-5-13/h4-7,11-12H,8-10H2,1-3H3,(H,18,20). The maximum Gasteiger partial charge on any atom is 0.305 e. The molecule has 124 valence electrons. The van der Waals surface area contributed by atoms with Gasteiger partial charge >= 0.3 is 4.87 Å². The zero-order valence-corrected chi connectivity index (χ0v) is 14.5. The van der Waals surface area contributed by atoms with Gasteiger partial charge in [-0.15, -0.1) is 0 Å². The normalized spacial score (nSPS) is 22.2. The van der Waals surface area contributed by atoms with E-state index in [4.69, 9.17) is 9.47 Å². The first-order valence-corrected chi connectivity index (χ1v) is 8.61. The molecule has 5 nitrogen and oxygen atoms in total. The Labute approximate surface area is 139 Å². The van der Waals surface area contributed by atoms with Gasteiger partial charge in [0.25, 0.3) is 0 Å². The molecule has 23 heavy (non-hydrogen) atoms. The molecule has 0 radical (unpaired) electrons. The second-order valence-electron chi connectivity index (χ2n) is 5.99. The predicted molar refractivity (Wildman–Crippen MR) is 92.2 cm³/mol. The minimum atomic E-state index is -0.0137. The Morgan fingerprint density at radius 3 is 2.52 bits per heavy atom. The van der Waals surface area contributed by atoms with Crippen molar-refractivity contribution in [1.29, 1.82) is 0 Å². The summed E-state index contributed by atoms with van der Waals surface area (Å²) in [4.78, 5) is 18.3. The summed E-state index contributed by atoms with van der Waals surface area (Å²) in [6.07, 6.45) is 0.442. The van der Waals surface area contributed by atoms with Crippen LogP contribution in [0.5, 0.6) is 5.75 Å². The van der Waals surface area contributed by atoms with E-state index < -0.39 is 0 Å². The Balaban J connectivity index is 1.84. The third-order valence-electron chi connectivity index (χ3n) is 3.96. The fourth-order valence-corrected chi connectivity index (χ4v) is 3.97. The van der Waals surface area contributed by atoms with Crippen molar-refractivity contribution in [3.63, 3.8) is 0 Å². The van der Waals surface area contributed by atoms with Gasteiger partial charge in [0.2, 0.25) is 0 Å². The lowest BCUT2D eigenvalue weighted by atomic mass is 10.1. The molecule has 2 atom stereocenters. The number of H-pyrrole nitrogens is 1. The minimum Gasteiger partial charge on any atom is -0.497 e. The highest BCUT2D eigenvalue weighted by molar-refractivity contribution is 7.09. The molecule has 3 rings (SSSR count). The highest BCUT2D eigenvalue weighted by Gasteiger charge is 2.24. The Morgan fingerprint density at radius 2 is 1.91 bits per heavy atom. The Bertz CT molecular complexity index is 697. The van der Waals surface area contributed by atoms with Gasteiger partial charge in [0.05, 0.1) is 25.0 Å². The number of rotatable bonds is 4. The first-order valence-electron chi connectivity index (χ1n) is 7.79. The second-order valence-corrected chi connectivity index (χ2v) is 7.06. The number of nitrogens with one attached hydrogen (secondary N) is 1. The summed E-state index contributed by atoms with van der Waals surface area (Å²) >= 11 is 1.29. The van der Waals surface area contributed by atoms with Crippen LogP contribution in [0.3, 0.4) is 0 Å². The summed E-state index contributed by atoms with van der Waals surface area (Å²) in [5.41, 5.74) is 1.92. The van der Waals surface area contributed by atoms with Crippen molar-refractivity contribution in [2.24, 2.45) is 0 Å². The number of hydrogen-bond acceptors (Lipinski definition) is 5. The van der Waals surface area contributed by atoms with Gasteiger partial charge in [0.1, 0.15) is 5.75 Å². The quantitative estimate of drug-likeness (QED) is 0.934.